The Morgan fingerprint density at radius 1 is 1.18 bits per heavy atom. The first-order chi connectivity index (χ1) is 13.2. The second-order valence-electron chi connectivity index (χ2n) is 6.41. The maximum atomic E-state index is 12.1. The minimum Gasteiger partial charge on any atom is -0.480 e. The smallest absolute Gasteiger partial charge is 0.408 e. The largest absolute Gasteiger partial charge is 0.480 e. The van der Waals surface area contributed by atoms with Crippen molar-refractivity contribution < 1.29 is 24.4 Å². The van der Waals surface area contributed by atoms with Gasteiger partial charge in [-0.25, -0.2) is 9.59 Å². The molecule has 1 atom stereocenters. The zero-order valence-corrected chi connectivity index (χ0v) is 16.1. The number of carboxylic acid groups (broad SMARTS) is 1. The van der Waals surface area contributed by atoms with Crippen LogP contribution in [-0.2, 0) is 16.1 Å². The van der Waals surface area contributed by atoms with Gasteiger partial charge in [0.05, 0.1) is 9.82 Å². The van der Waals surface area contributed by atoms with Crippen LogP contribution in [0.2, 0.25) is 0 Å². The van der Waals surface area contributed by atoms with E-state index in [-0.39, 0.29) is 12.3 Å². The third kappa shape index (κ3) is 5.71. The molecule has 8 nitrogen and oxygen atoms in total. The lowest BCUT2D eigenvalue weighted by Gasteiger charge is -2.30. The molecule has 2 aromatic carbocycles. The Labute approximate surface area is 166 Å². The fourth-order valence-electron chi connectivity index (χ4n) is 2.45. The molecule has 9 heteroatoms. The number of nitro benzene ring substituents is 1. The summed E-state index contributed by atoms with van der Waals surface area (Å²) in [6.45, 7) is 3.17. The molecule has 1 amide bonds. The zero-order chi connectivity index (χ0) is 20.7. The summed E-state index contributed by atoms with van der Waals surface area (Å²) >= 11 is 1.00. The second kappa shape index (κ2) is 9.23. The lowest BCUT2D eigenvalue weighted by atomic mass is 10.0. The molecule has 0 aromatic heterocycles. The summed E-state index contributed by atoms with van der Waals surface area (Å²) in [4.78, 5) is 34.8. The second-order valence-corrected chi connectivity index (χ2v) is 8.10. The molecule has 0 bridgehead atoms. The number of alkyl carbamates (subject to hydrolysis) is 1. The number of thioether (sulfide) groups is 1. The molecule has 0 saturated carbocycles. The van der Waals surface area contributed by atoms with Gasteiger partial charge in [0.25, 0.3) is 5.69 Å². The number of nitrogens with zero attached hydrogens (tertiary/aromatic N) is 1. The quantitative estimate of drug-likeness (QED) is 0.390. The zero-order valence-electron chi connectivity index (χ0n) is 15.3. The van der Waals surface area contributed by atoms with E-state index in [1.54, 1.807) is 44.2 Å². The number of hydrogen-bond donors (Lipinski definition) is 2. The lowest BCUT2D eigenvalue weighted by molar-refractivity contribution is -0.387. The number of ether oxygens (including phenoxy) is 1. The molecule has 0 aliphatic carbocycles. The van der Waals surface area contributed by atoms with Crippen molar-refractivity contribution in [3.05, 3.63) is 70.3 Å². The van der Waals surface area contributed by atoms with Gasteiger partial charge < -0.3 is 15.2 Å². The minimum absolute atomic E-state index is 0.00323. The summed E-state index contributed by atoms with van der Waals surface area (Å²) < 4.78 is 3.99. The monoisotopic (exact) mass is 404 g/mol. The Kier molecular flexibility index (Phi) is 7.00. The van der Waals surface area contributed by atoms with Crippen molar-refractivity contribution >= 4 is 29.5 Å². The SMILES string of the molecule is CC(C)(Sc1ccccc1[N+](=O)[O-])C(NC(=O)OCc1ccccc1)C(=O)O. The summed E-state index contributed by atoms with van der Waals surface area (Å²) in [7, 11) is 0. The molecule has 2 N–H and O–H groups in total. The van der Waals surface area contributed by atoms with Gasteiger partial charge >= 0.3 is 12.1 Å². The first-order valence-electron chi connectivity index (χ1n) is 8.33. The third-order valence-electron chi connectivity index (χ3n) is 3.85. The molecule has 28 heavy (non-hydrogen) atoms. The van der Waals surface area contributed by atoms with E-state index in [1.807, 2.05) is 6.07 Å². The standard InChI is InChI=1S/C19H20N2O6S/c1-19(2,28-15-11-7-6-10-14(15)21(25)26)16(17(22)23)20-18(24)27-12-13-8-4-3-5-9-13/h3-11,16H,12H2,1-2H3,(H,20,24)(H,22,23). The van der Waals surface area contributed by atoms with Crippen LogP contribution in [0.4, 0.5) is 10.5 Å². The average Bonchev–Trinajstić information content (AvgIpc) is 2.64. The number of nitrogens with one attached hydrogen (secondary N) is 1. The van der Waals surface area contributed by atoms with E-state index in [1.165, 1.54) is 18.2 Å². The highest BCUT2D eigenvalue weighted by atomic mass is 32.2. The number of aliphatic carboxylic acids is 1. The van der Waals surface area contributed by atoms with Crippen LogP contribution < -0.4 is 5.32 Å². The van der Waals surface area contributed by atoms with Crippen LogP contribution in [0.5, 0.6) is 0 Å². The van der Waals surface area contributed by atoms with Crippen LogP contribution in [-0.4, -0.2) is 32.9 Å². The van der Waals surface area contributed by atoms with Gasteiger partial charge in [-0.15, -0.1) is 11.8 Å². The molecule has 0 fully saturated rings. The van der Waals surface area contributed by atoms with Gasteiger partial charge in [0, 0.05) is 10.8 Å². The molecule has 2 rings (SSSR count). The fraction of sp³-hybridized carbons (Fsp3) is 0.263. The van der Waals surface area contributed by atoms with E-state index < -0.39 is 27.8 Å². The topological polar surface area (TPSA) is 119 Å². The number of benzene rings is 2. The van der Waals surface area contributed by atoms with E-state index in [4.69, 9.17) is 4.74 Å². The summed E-state index contributed by atoms with van der Waals surface area (Å²) in [5.41, 5.74) is 0.634. The predicted octanol–water partition coefficient (Wildman–Crippen LogP) is 3.85. The predicted molar refractivity (Wildman–Crippen MR) is 104 cm³/mol. The van der Waals surface area contributed by atoms with E-state index in [9.17, 15) is 24.8 Å². The van der Waals surface area contributed by atoms with Gasteiger partial charge in [0.1, 0.15) is 12.6 Å². The first-order valence-corrected chi connectivity index (χ1v) is 9.15. The number of amides is 1. The van der Waals surface area contributed by atoms with Crippen LogP contribution in [0, 0.1) is 10.1 Å². The fourth-order valence-corrected chi connectivity index (χ4v) is 3.69. The van der Waals surface area contributed by atoms with Gasteiger partial charge in [0.2, 0.25) is 0 Å². The normalized spacial score (nSPS) is 12.1. The van der Waals surface area contributed by atoms with Gasteiger partial charge in [0.15, 0.2) is 0 Å². The van der Waals surface area contributed by atoms with Crippen molar-refractivity contribution in [2.75, 3.05) is 0 Å². The summed E-state index contributed by atoms with van der Waals surface area (Å²) in [6.07, 6.45) is -0.882. The van der Waals surface area contributed by atoms with Crippen LogP contribution in [0.1, 0.15) is 19.4 Å². The van der Waals surface area contributed by atoms with E-state index in [0.717, 1.165) is 17.3 Å². The summed E-state index contributed by atoms with van der Waals surface area (Å²) in [5.74, 6) is -1.27. The van der Waals surface area contributed by atoms with Crippen molar-refractivity contribution in [1.29, 1.82) is 0 Å². The first kappa shape index (κ1) is 21.2. The Balaban J connectivity index is 2.10. The molecule has 1 unspecified atom stereocenters. The number of para-hydroxylation sites is 1. The highest BCUT2D eigenvalue weighted by Crippen LogP contribution is 2.39. The highest BCUT2D eigenvalue weighted by Gasteiger charge is 2.39. The van der Waals surface area contributed by atoms with Crippen LogP contribution in [0.3, 0.4) is 0 Å². The number of nitro groups is 1. The molecule has 0 saturated heterocycles. The molecule has 0 aliphatic rings. The Hall–Kier alpha value is -3.07. The molecule has 2 aromatic rings. The number of hydrogen-bond acceptors (Lipinski definition) is 6. The number of carboxylic acids is 1. The summed E-state index contributed by atoms with van der Waals surface area (Å²) in [5, 5.41) is 23.1. The van der Waals surface area contributed by atoms with E-state index in [0.29, 0.717) is 4.90 Å². The van der Waals surface area contributed by atoms with E-state index >= 15 is 0 Å². The van der Waals surface area contributed by atoms with Crippen LogP contribution >= 0.6 is 11.8 Å². The maximum absolute atomic E-state index is 12.1. The number of carbonyl (C=O) groups excluding carboxylic acids is 1. The Morgan fingerprint density at radius 2 is 1.79 bits per heavy atom. The van der Waals surface area contributed by atoms with Gasteiger partial charge in [-0.2, -0.15) is 0 Å². The molecule has 0 spiro atoms. The van der Waals surface area contributed by atoms with Crippen molar-refractivity contribution in [3.63, 3.8) is 0 Å². The van der Waals surface area contributed by atoms with Crippen molar-refractivity contribution in [1.82, 2.24) is 5.32 Å². The molecular weight excluding hydrogens is 384 g/mol. The third-order valence-corrected chi connectivity index (χ3v) is 5.18. The average molecular weight is 404 g/mol. The Bertz CT molecular complexity index is 857. The molecular formula is C19H20N2O6S. The maximum Gasteiger partial charge on any atom is 0.408 e. The lowest BCUT2D eigenvalue weighted by Crippen LogP contribution is -2.52. The van der Waals surface area contributed by atoms with Crippen molar-refractivity contribution in [3.8, 4) is 0 Å². The van der Waals surface area contributed by atoms with Gasteiger partial charge in [-0.3, -0.25) is 10.1 Å². The highest BCUT2D eigenvalue weighted by molar-refractivity contribution is 8.00. The number of rotatable bonds is 8. The van der Waals surface area contributed by atoms with Gasteiger partial charge in [-0.1, -0.05) is 42.5 Å². The number of carbonyl (C=O) groups is 2. The van der Waals surface area contributed by atoms with Crippen LogP contribution in [0.15, 0.2) is 59.5 Å². The summed E-state index contributed by atoms with van der Waals surface area (Å²) in [6, 6.07) is 13.7. The molecule has 0 radical (unpaired) electrons. The Morgan fingerprint density at radius 3 is 2.39 bits per heavy atom. The van der Waals surface area contributed by atoms with Crippen molar-refractivity contribution in [2.24, 2.45) is 0 Å². The minimum atomic E-state index is -1.33. The molecule has 148 valence electrons. The van der Waals surface area contributed by atoms with Gasteiger partial charge in [-0.05, 0) is 25.5 Å². The van der Waals surface area contributed by atoms with E-state index in [2.05, 4.69) is 5.32 Å². The molecule has 0 heterocycles. The van der Waals surface area contributed by atoms with Crippen LogP contribution in [0.25, 0.3) is 0 Å². The van der Waals surface area contributed by atoms with Crippen molar-refractivity contribution in [2.45, 2.75) is 36.1 Å². The molecule has 0 aliphatic heterocycles.